The highest BCUT2D eigenvalue weighted by atomic mass is 35.5. The zero-order valence-electron chi connectivity index (χ0n) is 16.4. The van der Waals surface area contributed by atoms with Crippen molar-refractivity contribution < 1.29 is 29.6 Å². The summed E-state index contributed by atoms with van der Waals surface area (Å²) in [5.74, 6) is -0.280. The molecule has 0 saturated carbocycles. The lowest BCUT2D eigenvalue weighted by atomic mass is 9.90. The van der Waals surface area contributed by atoms with Crippen molar-refractivity contribution in [1.29, 1.82) is 0 Å². The lowest BCUT2D eigenvalue weighted by molar-refractivity contribution is -0.231. The summed E-state index contributed by atoms with van der Waals surface area (Å²) >= 11 is 7.97. The minimum absolute atomic E-state index is 0.280. The molecular weight excluding hydrogens is 443 g/mol. The maximum absolute atomic E-state index is 13.2. The lowest BCUT2D eigenvalue weighted by Gasteiger charge is -2.40. The molecule has 4 rings (SSSR count). The van der Waals surface area contributed by atoms with Crippen molar-refractivity contribution in [2.75, 3.05) is 6.61 Å². The Kier molecular flexibility index (Phi) is 6.74. The van der Waals surface area contributed by atoms with E-state index in [1.54, 1.807) is 41.7 Å². The van der Waals surface area contributed by atoms with E-state index in [1.807, 2.05) is 12.1 Å². The van der Waals surface area contributed by atoms with Gasteiger partial charge in [0.2, 0.25) is 0 Å². The molecule has 2 heterocycles. The summed E-state index contributed by atoms with van der Waals surface area (Å²) in [6, 6.07) is 15.5. The predicted octanol–water partition coefficient (Wildman–Crippen LogP) is 3.31. The number of rotatable bonds is 5. The Labute approximate surface area is 187 Å². The van der Waals surface area contributed by atoms with Gasteiger partial charge in [-0.25, -0.2) is 4.39 Å². The van der Waals surface area contributed by atoms with Crippen molar-refractivity contribution in [1.82, 2.24) is 0 Å². The smallest absolute Gasteiger partial charge is 0.123 e. The molecule has 0 bridgehead atoms. The fraction of sp³-hybridized carbons (Fsp3) is 0.304. The first kappa shape index (κ1) is 22.4. The summed E-state index contributed by atoms with van der Waals surface area (Å²) in [5.41, 5.74) is 2.33. The highest BCUT2D eigenvalue weighted by molar-refractivity contribution is 7.15. The summed E-state index contributed by atoms with van der Waals surface area (Å²) in [5, 5.41) is 40.4. The fourth-order valence-corrected chi connectivity index (χ4v) is 4.93. The summed E-state index contributed by atoms with van der Waals surface area (Å²) in [7, 11) is 0. The van der Waals surface area contributed by atoms with Gasteiger partial charge in [-0.3, -0.25) is 0 Å². The van der Waals surface area contributed by atoms with Crippen LogP contribution >= 0.6 is 22.9 Å². The molecule has 1 saturated heterocycles. The number of halogens is 2. The molecule has 31 heavy (non-hydrogen) atoms. The van der Waals surface area contributed by atoms with Gasteiger partial charge in [-0.2, -0.15) is 0 Å². The second-order valence-corrected chi connectivity index (χ2v) is 9.13. The molecule has 1 aromatic heterocycles. The minimum Gasteiger partial charge on any atom is -0.394 e. The zero-order valence-corrected chi connectivity index (χ0v) is 17.9. The maximum atomic E-state index is 13.2. The van der Waals surface area contributed by atoms with Crippen LogP contribution in [0.25, 0.3) is 10.4 Å². The predicted molar refractivity (Wildman–Crippen MR) is 117 cm³/mol. The Morgan fingerprint density at radius 3 is 2.39 bits per heavy atom. The van der Waals surface area contributed by atoms with Gasteiger partial charge in [-0.15, -0.1) is 11.3 Å². The standard InChI is InChI=1S/C23H22ClFO5S/c24-17-7-3-13(23-22(29)21(28)20(27)18(11-26)30-23)9-14(17)10-16-6-8-19(31-16)12-1-4-15(25)5-2-12/h1-9,18,20-23,26-29H,10-11H2/t18-,20-,21+,22-,23+/m1/s1. The van der Waals surface area contributed by atoms with Crippen molar-refractivity contribution in [3.05, 3.63) is 81.4 Å². The van der Waals surface area contributed by atoms with Crippen LogP contribution in [-0.4, -0.2) is 51.4 Å². The van der Waals surface area contributed by atoms with Crippen molar-refractivity contribution in [3.63, 3.8) is 0 Å². The van der Waals surface area contributed by atoms with Crippen molar-refractivity contribution >= 4 is 22.9 Å². The van der Waals surface area contributed by atoms with E-state index in [1.165, 1.54) is 12.1 Å². The molecule has 4 N–H and O–H groups in total. The van der Waals surface area contributed by atoms with Crippen molar-refractivity contribution in [2.24, 2.45) is 0 Å². The van der Waals surface area contributed by atoms with Gasteiger partial charge in [-0.05, 0) is 47.0 Å². The number of aliphatic hydroxyl groups excluding tert-OH is 4. The third-order valence-corrected chi connectivity index (χ3v) is 6.95. The molecule has 3 aromatic rings. The largest absolute Gasteiger partial charge is 0.394 e. The Morgan fingerprint density at radius 1 is 0.935 bits per heavy atom. The molecule has 1 fully saturated rings. The fourth-order valence-electron chi connectivity index (χ4n) is 3.71. The molecule has 5 nitrogen and oxygen atoms in total. The van der Waals surface area contributed by atoms with Crippen LogP contribution < -0.4 is 0 Å². The Balaban J connectivity index is 1.57. The second kappa shape index (κ2) is 9.34. The summed E-state index contributed by atoms with van der Waals surface area (Å²) in [6.07, 6.45) is -5.54. The molecule has 0 unspecified atom stereocenters. The zero-order chi connectivity index (χ0) is 22.1. The summed E-state index contributed by atoms with van der Waals surface area (Å²) in [4.78, 5) is 2.06. The third-order valence-electron chi connectivity index (χ3n) is 5.45. The van der Waals surface area contributed by atoms with Gasteiger partial charge in [-0.1, -0.05) is 35.9 Å². The van der Waals surface area contributed by atoms with E-state index < -0.39 is 37.1 Å². The van der Waals surface area contributed by atoms with E-state index >= 15 is 0 Å². The van der Waals surface area contributed by atoms with Crippen LogP contribution in [0.2, 0.25) is 5.02 Å². The van der Waals surface area contributed by atoms with Crippen LogP contribution in [0.5, 0.6) is 0 Å². The highest BCUT2D eigenvalue weighted by Crippen LogP contribution is 2.35. The van der Waals surface area contributed by atoms with Crippen LogP contribution in [0.4, 0.5) is 4.39 Å². The van der Waals surface area contributed by atoms with Crippen LogP contribution in [0.3, 0.4) is 0 Å². The maximum Gasteiger partial charge on any atom is 0.123 e. The van der Waals surface area contributed by atoms with Gasteiger partial charge in [0, 0.05) is 21.2 Å². The summed E-state index contributed by atoms with van der Waals surface area (Å²) in [6.45, 7) is -0.483. The molecule has 0 radical (unpaired) electrons. The molecule has 5 atom stereocenters. The van der Waals surface area contributed by atoms with Gasteiger partial charge in [0.1, 0.15) is 36.3 Å². The first-order valence-corrected chi connectivity index (χ1v) is 11.0. The first-order valence-electron chi connectivity index (χ1n) is 9.81. The Bertz CT molecular complexity index is 1040. The van der Waals surface area contributed by atoms with Crippen LogP contribution in [0.1, 0.15) is 22.1 Å². The van der Waals surface area contributed by atoms with Gasteiger partial charge < -0.3 is 25.2 Å². The topological polar surface area (TPSA) is 90.2 Å². The molecule has 0 amide bonds. The molecule has 0 spiro atoms. The number of hydrogen-bond donors (Lipinski definition) is 4. The number of ether oxygens (including phenoxy) is 1. The van der Waals surface area contributed by atoms with E-state index in [0.29, 0.717) is 17.0 Å². The van der Waals surface area contributed by atoms with E-state index in [0.717, 1.165) is 20.9 Å². The SMILES string of the molecule is OC[C@H]1O[C@@H](c2ccc(Cl)c(Cc3ccc(-c4ccc(F)cc4)s3)c2)[C@H](O)[C@@H](O)[C@@H]1O. The van der Waals surface area contributed by atoms with Gasteiger partial charge in [0.05, 0.1) is 6.61 Å². The van der Waals surface area contributed by atoms with Crippen LogP contribution in [-0.2, 0) is 11.2 Å². The molecule has 1 aliphatic heterocycles. The second-order valence-electron chi connectivity index (χ2n) is 7.55. The van der Waals surface area contributed by atoms with E-state index in [9.17, 15) is 24.8 Å². The minimum atomic E-state index is -1.44. The molecule has 1 aliphatic rings. The van der Waals surface area contributed by atoms with Crippen molar-refractivity contribution in [3.8, 4) is 10.4 Å². The number of benzene rings is 2. The average Bonchev–Trinajstić information content (AvgIpc) is 3.23. The van der Waals surface area contributed by atoms with Crippen molar-refractivity contribution in [2.45, 2.75) is 36.9 Å². The highest BCUT2D eigenvalue weighted by Gasteiger charge is 2.44. The monoisotopic (exact) mass is 464 g/mol. The number of aliphatic hydroxyl groups is 4. The van der Waals surface area contributed by atoms with E-state index in [2.05, 4.69) is 0 Å². The molecular formula is C23H22ClFO5S. The van der Waals surface area contributed by atoms with Gasteiger partial charge >= 0.3 is 0 Å². The van der Waals surface area contributed by atoms with E-state index in [4.69, 9.17) is 16.3 Å². The van der Waals surface area contributed by atoms with Gasteiger partial charge in [0.25, 0.3) is 0 Å². The van der Waals surface area contributed by atoms with Crippen LogP contribution in [0.15, 0.2) is 54.6 Å². The third kappa shape index (κ3) is 4.68. The molecule has 164 valence electrons. The van der Waals surface area contributed by atoms with Gasteiger partial charge in [0.15, 0.2) is 0 Å². The van der Waals surface area contributed by atoms with Crippen LogP contribution in [0, 0.1) is 5.82 Å². The number of hydrogen-bond acceptors (Lipinski definition) is 6. The summed E-state index contributed by atoms with van der Waals surface area (Å²) < 4.78 is 18.8. The normalized spacial score (nSPS) is 26.2. The molecule has 8 heteroatoms. The Hall–Kier alpha value is -1.84. The first-order chi connectivity index (χ1) is 14.9. The average molecular weight is 465 g/mol. The molecule has 2 aromatic carbocycles. The lowest BCUT2D eigenvalue weighted by Crippen LogP contribution is -2.55. The number of thiophene rings is 1. The van der Waals surface area contributed by atoms with E-state index in [-0.39, 0.29) is 5.82 Å². The quantitative estimate of drug-likeness (QED) is 0.465. The molecule has 0 aliphatic carbocycles. The Morgan fingerprint density at radius 2 is 1.68 bits per heavy atom.